The molecule has 0 atom stereocenters. The van der Waals surface area contributed by atoms with Gasteiger partial charge in [0.2, 0.25) is 10.0 Å². The molecule has 7 nitrogen and oxygen atoms in total. The first-order chi connectivity index (χ1) is 10.5. The van der Waals surface area contributed by atoms with Gasteiger partial charge in [0.15, 0.2) is 0 Å². The predicted octanol–water partition coefficient (Wildman–Crippen LogP) is 1.62. The summed E-state index contributed by atoms with van der Waals surface area (Å²) in [5.74, 6) is -0.321. The molecule has 0 fully saturated rings. The third-order valence-corrected chi connectivity index (χ3v) is 4.25. The molecule has 8 heteroatoms. The lowest BCUT2D eigenvalue weighted by molar-refractivity contribution is 0.101. The van der Waals surface area contributed by atoms with E-state index in [2.05, 4.69) is 10.4 Å². The number of sulfonamides is 1. The molecular formula is C15H20N4O3S. The third kappa shape index (κ3) is 3.96. The monoisotopic (exact) mass is 336 g/mol. The van der Waals surface area contributed by atoms with Crippen LogP contribution < -0.4 is 10.5 Å². The molecule has 0 spiro atoms. The maximum absolute atomic E-state index is 12.3. The molecule has 0 aliphatic carbocycles. The van der Waals surface area contributed by atoms with Crippen LogP contribution in [0.4, 0.5) is 5.69 Å². The van der Waals surface area contributed by atoms with Crippen LogP contribution in [0.15, 0.2) is 35.2 Å². The van der Waals surface area contributed by atoms with Crippen LogP contribution in [-0.4, -0.2) is 24.1 Å². The molecule has 1 aromatic carbocycles. The second-order valence-electron chi connectivity index (χ2n) is 6.31. The molecule has 1 aromatic heterocycles. The van der Waals surface area contributed by atoms with Crippen LogP contribution in [0.25, 0.3) is 0 Å². The zero-order valence-corrected chi connectivity index (χ0v) is 14.3. The number of nitrogens with two attached hydrogens (primary N) is 1. The molecule has 1 amide bonds. The number of carbonyl (C=O) groups excluding carboxylic acids is 1. The van der Waals surface area contributed by atoms with Crippen molar-refractivity contribution in [3.63, 3.8) is 0 Å². The van der Waals surface area contributed by atoms with Gasteiger partial charge in [0.1, 0.15) is 5.69 Å². The highest BCUT2D eigenvalue weighted by molar-refractivity contribution is 7.89. The number of aromatic nitrogens is 2. The fraction of sp³-hybridized carbons (Fsp3) is 0.333. The van der Waals surface area contributed by atoms with Gasteiger partial charge in [0.25, 0.3) is 5.91 Å². The van der Waals surface area contributed by atoms with E-state index in [0.717, 1.165) is 5.69 Å². The third-order valence-electron chi connectivity index (χ3n) is 3.32. The van der Waals surface area contributed by atoms with Crippen LogP contribution in [0, 0.1) is 0 Å². The Morgan fingerprint density at radius 2 is 1.78 bits per heavy atom. The lowest BCUT2D eigenvalue weighted by atomic mass is 9.92. The van der Waals surface area contributed by atoms with E-state index in [1.165, 1.54) is 28.9 Å². The van der Waals surface area contributed by atoms with Gasteiger partial charge in [-0.25, -0.2) is 13.6 Å². The highest BCUT2D eigenvalue weighted by Gasteiger charge is 2.21. The topological polar surface area (TPSA) is 107 Å². The molecular weight excluding hydrogens is 316 g/mol. The number of hydrogen-bond donors (Lipinski definition) is 2. The molecule has 0 aliphatic rings. The van der Waals surface area contributed by atoms with Crippen molar-refractivity contribution in [1.29, 1.82) is 0 Å². The molecule has 0 unspecified atom stereocenters. The molecule has 3 N–H and O–H groups in total. The summed E-state index contributed by atoms with van der Waals surface area (Å²) >= 11 is 0. The van der Waals surface area contributed by atoms with Gasteiger partial charge in [0, 0.05) is 18.2 Å². The van der Waals surface area contributed by atoms with Crippen LogP contribution >= 0.6 is 0 Å². The van der Waals surface area contributed by atoms with Gasteiger partial charge in [-0.1, -0.05) is 20.8 Å². The Morgan fingerprint density at radius 3 is 2.22 bits per heavy atom. The molecule has 23 heavy (non-hydrogen) atoms. The summed E-state index contributed by atoms with van der Waals surface area (Å²) in [5, 5.41) is 12.1. The van der Waals surface area contributed by atoms with E-state index in [4.69, 9.17) is 5.14 Å². The van der Waals surface area contributed by atoms with Gasteiger partial charge in [0.05, 0.1) is 10.6 Å². The standard InChI is InChI=1S/C15H20N4O3S/c1-15(2,3)13-9-12(19(4)18-13)14(20)17-10-5-7-11(8-6-10)23(16,21)22/h5-9H,1-4H3,(H,17,20)(H2,16,21,22). The highest BCUT2D eigenvalue weighted by atomic mass is 32.2. The number of anilines is 1. The average Bonchev–Trinajstić information content (AvgIpc) is 2.80. The molecule has 124 valence electrons. The lowest BCUT2D eigenvalue weighted by Gasteiger charge is -2.13. The van der Waals surface area contributed by atoms with Crippen molar-refractivity contribution in [3.05, 3.63) is 41.7 Å². The first kappa shape index (κ1) is 17.2. The molecule has 1 heterocycles. The van der Waals surface area contributed by atoms with Gasteiger partial charge in [-0.2, -0.15) is 5.10 Å². The average molecular weight is 336 g/mol. The van der Waals surface area contributed by atoms with Crippen LogP contribution in [0.2, 0.25) is 0 Å². The smallest absolute Gasteiger partial charge is 0.273 e. The Hall–Kier alpha value is -2.19. The van der Waals surface area contributed by atoms with E-state index < -0.39 is 10.0 Å². The van der Waals surface area contributed by atoms with Gasteiger partial charge in [-0.15, -0.1) is 0 Å². The number of nitrogens with one attached hydrogen (secondary N) is 1. The van der Waals surface area contributed by atoms with E-state index in [9.17, 15) is 13.2 Å². The van der Waals surface area contributed by atoms with Gasteiger partial charge >= 0.3 is 0 Å². The van der Waals surface area contributed by atoms with Crippen LogP contribution in [0.1, 0.15) is 37.0 Å². The number of hydrogen-bond acceptors (Lipinski definition) is 4. The zero-order valence-electron chi connectivity index (χ0n) is 13.5. The van der Waals surface area contributed by atoms with Crippen molar-refractivity contribution < 1.29 is 13.2 Å². The van der Waals surface area contributed by atoms with E-state index in [-0.39, 0.29) is 16.2 Å². The van der Waals surface area contributed by atoms with Crippen LogP contribution in [-0.2, 0) is 22.5 Å². The maximum atomic E-state index is 12.3. The number of rotatable bonds is 3. The molecule has 0 aliphatic heterocycles. The van der Waals surface area contributed by atoms with E-state index >= 15 is 0 Å². The van der Waals surface area contributed by atoms with E-state index in [1.54, 1.807) is 13.1 Å². The van der Waals surface area contributed by atoms with Crippen LogP contribution in [0.3, 0.4) is 0 Å². The molecule has 0 saturated carbocycles. The largest absolute Gasteiger partial charge is 0.321 e. The molecule has 2 rings (SSSR count). The second kappa shape index (κ2) is 5.78. The van der Waals surface area contributed by atoms with Crippen molar-refractivity contribution in [2.24, 2.45) is 12.2 Å². The van der Waals surface area contributed by atoms with E-state index in [1.807, 2.05) is 20.8 Å². The number of aryl methyl sites for hydroxylation is 1. The van der Waals surface area contributed by atoms with Crippen molar-refractivity contribution in [2.75, 3.05) is 5.32 Å². The minimum absolute atomic E-state index is 0.00829. The Labute approximate surface area is 135 Å². The van der Waals surface area contributed by atoms with E-state index in [0.29, 0.717) is 11.4 Å². The fourth-order valence-corrected chi connectivity index (χ4v) is 2.48. The van der Waals surface area contributed by atoms with Crippen molar-refractivity contribution in [1.82, 2.24) is 9.78 Å². The maximum Gasteiger partial charge on any atom is 0.273 e. The second-order valence-corrected chi connectivity index (χ2v) is 7.87. The molecule has 0 radical (unpaired) electrons. The minimum atomic E-state index is -3.75. The Kier molecular flexibility index (Phi) is 4.32. The Bertz CT molecular complexity index is 831. The first-order valence-electron chi connectivity index (χ1n) is 6.97. The van der Waals surface area contributed by atoms with Crippen LogP contribution in [0.5, 0.6) is 0 Å². The fourth-order valence-electron chi connectivity index (χ4n) is 1.97. The number of nitrogens with zero attached hydrogens (tertiary/aromatic N) is 2. The summed E-state index contributed by atoms with van der Waals surface area (Å²) in [7, 11) is -2.04. The number of amides is 1. The van der Waals surface area contributed by atoms with Gasteiger partial charge in [-0.05, 0) is 30.3 Å². The summed E-state index contributed by atoms with van der Waals surface area (Å²) in [6.07, 6.45) is 0. The normalized spacial score (nSPS) is 12.2. The van der Waals surface area contributed by atoms with Crippen molar-refractivity contribution in [3.8, 4) is 0 Å². The first-order valence-corrected chi connectivity index (χ1v) is 8.52. The van der Waals surface area contributed by atoms with Gasteiger partial charge < -0.3 is 5.32 Å². The van der Waals surface area contributed by atoms with Crippen molar-refractivity contribution >= 4 is 21.6 Å². The summed E-state index contributed by atoms with van der Waals surface area (Å²) in [6.45, 7) is 6.05. The highest BCUT2D eigenvalue weighted by Crippen LogP contribution is 2.22. The number of benzene rings is 1. The van der Waals surface area contributed by atoms with Gasteiger partial charge in [-0.3, -0.25) is 9.48 Å². The molecule has 0 bridgehead atoms. The zero-order chi connectivity index (χ0) is 17.4. The number of carbonyl (C=O) groups is 1. The molecule has 0 saturated heterocycles. The minimum Gasteiger partial charge on any atom is -0.321 e. The predicted molar refractivity (Wildman–Crippen MR) is 87.7 cm³/mol. The van der Waals surface area contributed by atoms with Crippen molar-refractivity contribution in [2.45, 2.75) is 31.1 Å². The number of primary sulfonamides is 1. The molecule has 2 aromatic rings. The SMILES string of the molecule is Cn1nc(C(C)(C)C)cc1C(=O)Nc1ccc(S(N)(=O)=O)cc1. The summed E-state index contributed by atoms with van der Waals surface area (Å²) in [4.78, 5) is 12.3. The summed E-state index contributed by atoms with van der Waals surface area (Å²) in [6, 6.07) is 7.40. The summed E-state index contributed by atoms with van der Waals surface area (Å²) < 4.78 is 23.9. The Balaban J connectivity index is 2.21. The lowest BCUT2D eigenvalue weighted by Crippen LogP contribution is -2.16. The Morgan fingerprint density at radius 1 is 1.22 bits per heavy atom. The quantitative estimate of drug-likeness (QED) is 0.888. The summed E-state index contributed by atoms with van der Waals surface area (Å²) in [5.41, 5.74) is 1.55.